The number of carboxylic acid groups (broad SMARTS) is 1. The smallest absolute Gasteiger partial charge is 0.328 e. The number of hydrogen-bond acceptors (Lipinski definition) is 2. The van der Waals surface area contributed by atoms with Crippen LogP contribution in [-0.2, 0) is 10.2 Å². The summed E-state index contributed by atoms with van der Waals surface area (Å²) in [7, 11) is 0. The molecule has 0 radical (unpaired) electrons. The first kappa shape index (κ1) is 15.3. The number of aliphatic carboxylic acids is 1. The van der Waals surface area contributed by atoms with Crippen molar-refractivity contribution in [2.45, 2.75) is 40.0 Å². The molecule has 0 bridgehead atoms. The molecule has 1 aromatic rings. The quantitative estimate of drug-likeness (QED) is 0.838. The van der Waals surface area contributed by atoms with E-state index < -0.39 is 5.97 Å². The monoisotopic (exact) mass is 262 g/mol. The minimum absolute atomic E-state index is 0.0516. The van der Waals surface area contributed by atoms with Gasteiger partial charge in [0, 0.05) is 11.6 Å². The lowest BCUT2D eigenvalue weighted by Crippen LogP contribution is -2.14. The highest BCUT2D eigenvalue weighted by molar-refractivity contribution is 5.89. The Morgan fingerprint density at radius 3 is 2.47 bits per heavy atom. The second-order valence-electron chi connectivity index (χ2n) is 5.56. The third kappa shape index (κ3) is 4.12. The Labute approximate surface area is 114 Å². The van der Waals surface area contributed by atoms with E-state index in [-0.39, 0.29) is 5.41 Å². The van der Waals surface area contributed by atoms with Gasteiger partial charge < -0.3 is 9.84 Å². The molecule has 0 aliphatic rings. The number of allylic oxidation sites excluding steroid dienone is 1. The lowest BCUT2D eigenvalue weighted by Gasteiger charge is -2.23. The van der Waals surface area contributed by atoms with Crippen LogP contribution in [0.2, 0.25) is 0 Å². The Hall–Kier alpha value is -1.77. The van der Waals surface area contributed by atoms with Crippen LogP contribution in [-0.4, -0.2) is 17.7 Å². The van der Waals surface area contributed by atoms with Crippen molar-refractivity contribution in [2.75, 3.05) is 6.61 Å². The van der Waals surface area contributed by atoms with Gasteiger partial charge in [-0.05, 0) is 42.5 Å². The summed E-state index contributed by atoms with van der Waals surface area (Å²) in [6.07, 6.45) is 1.22. The van der Waals surface area contributed by atoms with Gasteiger partial charge in [-0.3, -0.25) is 0 Å². The highest BCUT2D eigenvalue weighted by atomic mass is 16.5. The summed E-state index contributed by atoms with van der Waals surface area (Å²) in [6, 6.07) is 5.83. The topological polar surface area (TPSA) is 46.5 Å². The summed E-state index contributed by atoms with van der Waals surface area (Å²) in [5.74, 6) is -0.0643. The van der Waals surface area contributed by atoms with Crippen LogP contribution in [0.3, 0.4) is 0 Å². The first-order chi connectivity index (χ1) is 8.75. The van der Waals surface area contributed by atoms with Crippen molar-refractivity contribution >= 4 is 11.5 Å². The summed E-state index contributed by atoms with van der Waals surface area (Å²) in [4.78, 5) is 10.7. The lowest BCUT2D eigenvalue weighted by atomic mass is 9.84. The first-order valence-electron chi connectivity index (χ1n) is 6.44. The van der Waals surface area contributed by atoms with Gasteiger partial charge in [-0.1, -0.05) is 26.8 Å². The number of ether oxygens (including phenoxy) is 1. The number of rotatable bonds is 4. The van der Waals surface area contributed by atoms with E-state index in [9.17, 15) is 4.79 Å². The fourth-order valence-corrected chi connectivity index (χ4v) is 1.91. The fraction of sp³-hybridized carbons (Fsp3) is 0.438. The molecule has 0 heterocycles. The maximum atomic E-state index is 10.7. The van der Waals surface area contributed by atoms with E-state index in [2.05, 4.69) is 20.8 Å². The molecule has 0 spiro atoms. The van der Waals surface area contributed by atoms with Crippen LogP contribution in [0.15, 0.2) is 24.3 Å². The predicted molar refractivity (Wildman–Crippen MR) is 77.6 cm³/mol. The highest BCUT2D eigenvalue weighted by Crippen LogP contribution is 2.33. The molecule has 1 N–H and O–H groups in total. The highest BCUT2D eigenvalue weighted by Gasteiger charge is 2.19. The molecule has 0 saturated heterocycles. The van der Waals surface area contributed by atoms with Crippen molar-refractivity contribution in [3.8, 4) is 5.75 Å². The molecule has 1 aromatic carbocycles. The molecule has 19 heavy (non-hydrogen) atoms. The maximum absolute atomic E-state index is 10.7. The van der Waals surface area contributed by atoms with Crippen molar-refractivity contribution < 1.29 is 14.6 Å². The second-order valence-corrected chi connectivity index (χ2v) is 5.56. The van der Waals surface area contributed by atoms with E-state index >= 15 is 0 Å². The molecule has 0 fully saturated rings. The van der Waals surface area contributed by atoms with Crippen LogP contribution in [0.5, 0.6) is 5.75 Å². The Bertz CT molecular complexity index is 493. The maximum Gasteiger partial charge on any atom is 0.328 e. The van der Waals surface area contributed by atoms with Crippen LogP contribution in [0, 0.1) is 0 Å². The Morgan fingerprint density at radius 2 is 2.00 bits per heavy atom. The van der Waals surface area contributed by atoms with Crippen LogP contribution in [0.1, 0.15) is 45.7 Å². The molecule has 0 atom stereocenters. The SMILES string of the molecule is CCOc1ccc(/C(C)=C/C(=O)O)cc1C(C)(C)C. The van der Waals surface area contributed by atoms with Gasteiger partial charge in [0.25, 0.3) is 0 Å². The van der Waals surface area contributed by atoms with E-state index in [1.54, 1.807) is 6.92 Å². The number of hydrogen-bond donors (Lipinski definition) is 1. The minimum Gasteiger partial charge on any atom is -0.494 e. The van der Waals surface area contributed by atoms with E-state index in [0.29, 0.717) is 6.61 Å². The number of carbonyl (C=O) groups is 1. The van der Waals surface area contributed by atoms with Gasteiger partial charge in [0.15, 0.2) is 0 Å². The number of carboxylic acids is 1. The molecule has 104 valence electrons. The van der Waals surface area contributed by atoms with Gasteiger partial charge in [-0.25, -0.2) is 4.79 Å². The van der Waals surface area contributed by atoms with E-state index in [4.69, 9.17) is 9.84 Å². The fourth-order valence-electron chi connectivity index (χ4n) is 1.91. The van der Waals surface area contributed by atoms with E-state index in [1.165, 1.54) is 6.08 Å². The van der Waals surface area contributed by atoms with Gasteiger partial charge in [0.2, 0.25) is 0 Å². The van der Waals surface area contributed by atoms with Crippen LogP contribution < -0.4 is 4.74 Å². The minimum atomic E-state index is -0.927. The summed E-state index contributed by atoms with van der Waals surface area (Å²) in [6.45, 7) is 10.7. The molecule has 0 aromatic heterocycles. The van der Waals surface area contributed by atoms with Crippen molar-refractivity contribution in [3.05, 3.63) is 35.4 Å². The average molecular weight is 262 g/mol. The van der Waals surface area contributed by atoms with Crippen LogP contribution in [0.4, 0.5) is 0 Å². The Balaban J connectivity index is 3.30. The van der Waals surface area contributed by atoms with Gasteiger partial charge in [-0.15, -0.1) is 0 Å². The van der Waals surface area contributed by atoms with Gasteiger partial charge >= 0.3 is 5.97 Å². The van der Waals surface area contributed by atoms with Crippen molar-refractivity contribution in [2.24, 2.45) is 0 Å². The zero-order valence-electron chi connectivity index (χ0n) is 12.3. The third-order valence-corrected chi connectivity index (χ3v) is 2.88. The lowest BCUT2D eigenvalue weighted by molar-refractivity contribution is -0.131. The normalized spacial score (nSPS) is 12.4. The molecule has 3 nitrogen and oxygen atoms in total. The standard InChI is InChI=1S/C16H22O3/c1-6-19-14-8-7-12(11(2)9-15(17)18)10-13(14)16(3,4)5/h7-10H,6H2,1-5H3,(H,17,18)/b11-9+. The van der Waals surface area contributed by atoms with E-state index in [1.807, 2.05) is 25.1 Å². The summed E-state index contributed by atoms with van der Waals surface area (Å²) in [5, 5.41) is 8.81. The van der Waals surface area contributed by atoms with Crippen molar-refractivity contribution in [1.29, 1.82) is 0 Å². The summed E-state index contributed by atoms with van der Waals surface area (Å²) >= 11 is 0. The molecular formula is C16H22O3. The molecule has 0 unspecified atom stereocenters. The molecule has 0 aliphatic heterocycles. The van der Waals surface area contributed by atoms with Gasteiger partial charge in [0.1, 0.15) is 5.75 Å². The van der Waals surface area contributed by atoms with Crippen molar-refractivity contribution in [1.82, 2.24) is 0 Å². The molecule has 0 saturated carbocycles. The van der Waals surface area contributed by atoms with Gasteiger partial charge in [-0.2, -0.15) is 0 Å². The molecule has 0 amide bonds. The number of benzene rings is 1. The average Bonchev–Trinajstić information content (AvgIpc) is 2.27. The Kier molecular flexibility index (Phi) is 4.76. The summed E-state index contributed by atoms with van der Waals surface area (Å²) in [5.41, 5.74) is 2.69. The van der Waals surface area contributed by atoms with Crippen LogP contribution in [0.25, 0.3) is 5.57 Å². The molecule has 3 heteroatoms. The summed E-state index contributed by atoms with van der Waals surface area (Å²) < 4.78 is 5.64. The van der Waals surface area contributed by atoms with Crippen molar-refractivity contribution in [3.63, 3.8) is 0 Å². The Morgan fingerprint density at radius 1 is 1.37 bits per heavy atom. The van der Waals surface area contributed by atoms with Crippen LogP contribution >= 0.6 is 0 Å². The molecule has 0 aliphatic carbocycles. The largest absolute Gasteiger partial charge is 0.494 e. The zero-order chi connectivity index (χ0) is 14.6. The predicted octanol–water partition coefficient (Wildman–Crippen LogP) is 3.87. The molecule has 1 rings (SSSR count). The third-order valence-electron chi connectivity index (χ3n) is 2.88. The van der Waals surface area contributed by atoms with Gasteiger partial charge in [0.05, 0.1) is 6.61 Å². The molecular weight excluding hydrogens is 240 g/mol. The first-order valence-corrected chi connectivity index (χ1v) is 6.44. The van der Waals surface area contributed by atoms with E-state index in [0.717, 1.165) is 22.4 Å². The second kappa shape index (κ2) is 5.91. The zero-order valence-corrected chi connectivity index (χ0v) is 12.3.